The zero-order chi connectivity index (χ0) is 19.6. The van der Waals surface area contributed by atoms with Gasteiger partial charge in [0.2, 0.25) is 0 Å². The highest BCUT2D eigenvalue weighted by molar-refractivity contribution is 5.94. The van der Waals surface area contributed by atoms with Gasteiger partial charge in [-0.3, -0.25) is 14.4 Å². The number of rotatable bonds is 6. The minimum atomic E-state index is -0.443. The van der Waals surface area contributed by atoms with Crippen molar-refractivity contribution in [1.29, 1.82) is 0 Å². The second-order valence-corrected chi connectivity index (χ2v) is 6.71. The molecule has 0 atom stereocenters. The van der Waals surface area contributed by atoms with Crippen molar-refractivity contribution in [2.75, 3.05) is 13.7 Å². The first-order chi connectivity index (χ1) is 12.9. The molecule has 2 aromatic heterocycles. The van der Waals surface area contributed by atoms with Crippen LogP contribution < -0.4 is 10.9 Å². The third-order valence-corrected chi connectivity index (χ3v) is 4.20. The van der Waals surface area contributed by atoms with Gasteiger partial charge in [0.15, 0.2) is 5.69 Å². The van der Waals surface area contributed by atoms with E-state index < -0.39 is 11.9 Å². The Balaban J connectivity index is 2.03. The van der Waals surface area contributed by atoms with Crippen molar-refractivity contribution in [1.82, 2.24) is 19.5 Å². The zero-order valence-corrected chi connectivity index (χ0v) is 15.6. The Bertz CT molecular complexity index is 1060. The highest BCUT2D eigenvalue weighted by Gasteiger charge is 2.17. The van der Waals surface area contributed by atoms with Gasteiger partial charge in [-0.05, 0) is 18.1 Å². The maximum absolute atomic E-state index is 13.0. The number of aromatic nitrogens is 3. The van der Waals surface area contributed by atoms with E-state index in [-0.39, 0.29) is 30.1 Å². The standard InChI is InChI=1S/C19H22N4O4/c1-12(2)11-22-14-6-4-5-7-15(14)23-16(19(22)26)10-13(21-23)18(25)20-9-8-17(24)27-3/h4-7,10,12H,8-9,11H2,1-3H3,(H,20,25). The molecule has 0 spiro atoms. The second-order valence-electron chi connectivity index (χ2n) is 6.71. The molecule has 3 rings (SSSR count). The summed E-state index contributed by atoms with van der Waals surface area (Å²) in [6.07, 6.45) is 0.0692. The highest BCUT2D eigenvalue weighted by Crippen LogP contribution is 2.16. The van der Waals surface area contributed by atoms with Gasteiger partial charge >= 0.3 is 5.97 Å². The van der Waals surface area contributed by atoms with E-state index in [9.17, 15) is 14.4 Å². The largest absolute Gasteiger partial charge is 0.469 e. The molecule has 0 saturated carbocycles. The summed E-state index contributed by atoms with van der Waals surface area (Å²) in [6.45, 7) is 4.79. The molecule has 0 aliphatic rings. The number of fused-ring (bicyclic) bond motifs is 3. The third-order valence-electron chi connectivity index (χ3n) is 4.20. The van der Waals surface area contributed by atoms with Gasteiger partial charge in [-0.15, -0.1) is 0 Å². The summed E-state index contributed by atoms with van der Waals surface area (Å²) in [5, 5.41) is 6.93. The van der Waals surface area contributed by atoms with Crippen molar-refractivity contribution in [2.45, 2.75) is 26.8 Å². The minimum absolute atomic E-state index is 0.0692. The SMILES string of the molecule is COC(=O)CCNC(=O)c1cc2c(=O)n(CC(C)C)c3ccccc3n2n1. The number of hydrogen-bond donors (Lipinski definition) is 1. The maximum Gasteiger partial charge on any atom is 0.307 e. The van der Waals surface area contributed by atoms with Gasteiger partial charge < -0.3 is 14.6 Å². The summed E-state index contributed by atoms with van der Waals surface area (Å²) in [6, 6.07) is 8.96. The summed E-state index contributed by atoms with van der Waals surface area (Å²) < 4.78 is 7.76. The van der Waals surface area contributed by atoms with Crippen molar-refractivity contribution >= 4 is 28.4 Å². The summed E-state index contributed by atoms with van der Waals surface area (Å²) in [4.78, 5) is 36.5. The number of methoxy groups -OCH3 is 1. The predicted molar refractivity (Wildman–Crippen MR) is 101 cm³/mol. The fourth-order valence-electron chi connectivity index (χ4n) is 2.96. The van der Waals surface area contributed by atoms with E-state index in [1.165, 1.54) is 17.7 Å². The number of esters is 1. The Morgan fingerprint density at radius 2 is 1.89 bits per heavy atom. The molecule has 0 bridgehead atoms. The molecule has 3 aromatic rings. The smallest absolute Gasteiger partial charge is 0.307 e. The molecular weight excluding hydrogens is 348 g/mol. The second kappa shape index (κ2) is 7.61. The van der Waals surface area contributed by atoms with Crippen LogP contribution in [0, 0.1) is 5.92 Å². The van der Waals surface area contributed by atoms with E-state index in [0.29, 0.717) is 12.1 Å². The number of hydrogen-bond acceptors (Lipinski definition) is 5. The number of ether oxygens (including phenoxy) is 1. The van der Waals surface area contributed by atoms with Crippen LogP contribution in [0.3, 0.4) is 0 Å². The summed E-state index contributed by atoms with van der Waals surface area (Å²) in [5.41, 5.74) is 1.80. The van der Waals surface area contributed by atoms with Crippen LogP contribution in [0.2, 0.25) is 0 Å². The molecule has 8 heteroatoms. The number of nitrogens with zero attached hydrogens (tertiary/aromatic N) is 3. The Labute approximate surface area is 155 Å². The summed E-state index contributed by atoms with van der Waals surface area (Å²) in [7, 11) is 1.29. The molecule has 0 fully saturated rings. The van der Waals surface area contributed by atoms with E-state index in [0.717, 1.165) is 11.0 Å². The van der Waals surface area contributed by atoms with Crippen molar-refractivity contribution in [2.24, 2.45) is 5.92 Å². The minimum Gasteiger partial charge on any atom is -0.469 e. The number of amides is 1. The molecular formula is C19H22N4O4. The number of para-hydroxylation sites is 2. The number of carbonyl (C=O) groups is 2. The van der Waals surface area contributed by atoms with Crippen LogP contribution in [0.15, 0.2) is 35.1 Å². The first-order valence-electron chi connectivity index (χ1n) is 8.78. The molecule has 2 heterocycles. The average Bonchev–Trinajstić information content (AvgIpc) is 3.10. The molecule has 142 valence electrons. The Morgan fingerprint density at radius 3 is 2.56 bits per heavy atom. The monoisotopic (exact) mass is 370 g/mol. The van der Waals surface area contributed by atoms with Crippen molar-refractivity contribution < 1.29 is 14.3 Å². The number of nitrogens with one attached hydrogen (secondary N) is 1. The van der Waals surface area contributed by atoms with E-state index in [2.05, 4.69) is 15.2 Å². The third kappa shape index (κ3) is 3.69. The molecule has 0 unspecified atom stereocenters. The van der Waals surface area contributed by atoms with Crippen LogP contribution in [0.5, 0.6) is 0 Å². The van der Waals surface area contributed by atoms with Crippen molar-refractivity contribution in [3.63, 3.8) is 0 Å². The lowest BCUT2D eigenvalue weighted by atomic mass is 10.2. The van der Waals surface area contributed by atoms with Gasteiger partial charge in [0.25, 0.3) is 11.5 Å². The van der Waals surface area contributed by atoms with Crippen LogP contribution in [0.1, 0.15) is 30.8 Å². The van der Waals surface area contributed by atoms with E-state index in [4.69, 9.17) is 0 Å². The fraction of sp³-hybridized carbons (Fsp3) is 0.368. The molecule has 1 N–H and O–H groups in total. The molecule has 0 aliphatic heterocycles. The molecule has 27 heavy (non-hydrogen) atoms. The van der Waals surface area contributed by atoms with Crippen molar-refractivity contribution in [3.8, 4) is 0 Å². The van der Waals surface area contributed by atoms with Crippen molar-refractivity contribution in [3.05, 3.63) is 46.4 Å². The lowest BCUT2D eigenvalue weighted by molar-refractivity contribution is -0.140. The van der Waals surface area contributed by atoms with Crippen LogP contribution in [-0.4, -0.2) is 39.7 Å². The van der Waals surface area contributed by atoms with Gasteiger partial charge in [-0.1, -0.05) is 26.0 Å². The fourth-order valence-corrected chi connectivity index (χ4v) is 2.96. The molecule has 1 amide bonds. The Kier molecular flexibility index (Phi) is 5.25. The quantitative estimate of drug-likeness (QED) is 0.665. The molecule has 0 aliphatic carbocycles. The predicted octanol–water partition coefficient (Wildman–Crippen LogP) is 1.60. The van der Waals surface area contributed by atoms with Gasteiger partial charge in [0.05, 0.1) is 24.6 Å². The van der Waals surface area contributed by atoms with Crippen LogP contribution in [0.4, 0.5) is 0 Å². The molecule has 0 radical (unpaired) electrons. The molecule has 8 nitrogen and oxygen atoms in total. The summed E-state index contributed by atoms with van der Waals surface area (Å²) in [5.74, 6) is -0.563. The normalized spacial score (nSPS) is 11.3. The first kappa shape index (κ1) is 18.6. The van der Waals surface area contributed by atoms with E-state index in [1.54, 1.807) is 4.57 Å². The van der Waals surface area contributed by atoms with Gasteiger partial charge in [0, 0.05) is 19.2 Å². The maximum atomic E-state index is 13.0. The van der Waals surface area contributed by atoms with Gasteiger partial charge in [-0.2, -0.15) is 5.10 Å². The zero-order valence-electron chi connectivity index (χ0n) is 15.6. The average molecular weight is 370 g/mol. The lowest BCUT2D eigenvalue weighted by Gasteiger charge is -2.13. The number of benzene rings is 1. The highest BCUT2D eigenvalue weighted by atomic mass is 16.5. The molecule has 0 saturated heterocycles. The lowest BCUT2D eigenvalue weighted by Crippen LogP contribution is -2.26. The van der Waals surface area contributed by atoms with Gasteiger partial charge in [-0.25, -0.2) is 4.52 Å². The van der Waals surface area contributed by atoms with Crippen LogP contribution in [0.25, 0.3) is 16.6 Å². The van der Waals surface area contributed by atoms with Gasteiger partial charge in [0.1, 0.15) is 5.52 Å². The van der Waals surface area contributed by atoms with Crippen LogP contribution >= 0.6 is 0 Å². The molecule has 1 aromatic carbocycles. The Hall–Kier alpha value is -3.16. The first-order valence-corrected chi connectivity index (χ1v) is 8.78. The van der Waals surface area contributed by atoms with E-state index >= 15 is 0 Å². The Morgan fingerprint density at radius 1 is 1.19 bits per heavy atom. The van der Waals surface area contributed by atoms with Crippen LogP contribution in [-0.2, 0) is 16.1 Å². The number of carbonyl (C=O) groups excluding carboxylic acids is 2. The van der Waals surface area contributed by atoms with E-state index in [1.807, 2.05) is 38.1 Å². The topological polar surface area (TPSA) is 94.7 Å². The summed E-state index contributed by atoms with van der Waals surface area (Å²) >= 11 is 0.